The number of hydrogen-bond acceptors (Lipinski definition) is 2. The summed E-state index contributed by atoms with van der Waals surface area (Å²) in [5, 5.41) is 3.63. The molecule has 1 saturated heterocycles. The summed E-state index contributed by atoms with van der Waals surface area (Å²) in [5.74, 6) is 2.58. The second-order valence-electron chi connectivity index (χ2n) is 7.67. The van der Waals surface area contributed by atoms with Crippen LogP contribution in [0.3, 0.4) is 0 Å². The second kappa shape index (κ2) is 5.32. The van der Waals surface area contributed by atoms with Crippen molar-refractivity contribution in [1.29, 1.82) is 0 Å². The van der Waals surface area contributed by atoms with E-state index in [1.165, 1.54) is 32.1 Å². The molecule has 1 heterocycles. The number of hydrogen-bond donors (Lipinski definition) is 1. The van der Waals surface area contributed by atoms with Crippen molar-refractivity contribution < 1.29 is 4.79 Å². The Kier molecular flexibility index (Phi) is 3.83. The van der Waals surface area contributed by atoms with E-state index >= 15 is 0 Å². The van der Waals surface area contributed by atoms with Gasteiger partial charge in [0.1, 0.15) is 0 Å². The molecule has 2 saturated carbocycles. The summed E-state index contributed by atoms with van der Waals surface area (Å²) in [5.41, 5.74) is -0.143. The summed E-state index contributed by atoms with van der Waals surface area (Å²) in [6.45, 7) is 7.76. The molecule has 0 aromatic rings. The van der Waals surface area contributed by atoms with Crippen LogP contribution in [-0.2, 0) is 4.79 Å². The fraction of sp³-hybridized carbons (Fsp3) is 0.941. The van der Waals surface area contributed by atoms with Gasteiger partial charge in [-0.1, -0.05) is 40.0 Å². The van der Waals surface area contributed by atoms with E-state index in [-0.39, 0.29) is 11.7 Å². The summed E-state index contributed by atoms with van der Waals surface area (Å²) >= 11 is 0. The first kappa shape index (κ1) is 14.4. The van der Waals surface area contributed by atoms with Crippen molar-refractivity contribution in [1.82, 2.24) is 10.2 Å². The molecule has 0 aromatic heterocycles. The second-order valence-corrected chi connectivity index (χ2v) is 7.67. The number of nitrogens with zero attached hydrogens (tertiary/aromatic N) is 1. The normalized spacial score (nSPS) is 36.1. The summed E-state index contributed by atoms with van der Waals surface area (Å²) < 4.78 is 0. The molecule has 0 radical (unpaired) electrons. The van der Waals surface area contributed by atoms with Crippen molar-refractivity contribution in [3.05, 3.63) is 0 Å². The minimum Gasteiger partial charge on any atom is -0.325 e. The zero-order chi connectivity index (χ0) is 14.3. The van der Waals surface area contributed by atoms with Gasteiger partial charge in [0.15, 0.2) is 0 Å². The van der Waals surface area contributed by atoms with Gasteiger partial charge in [0.25, 0.3) is 0 Å². The highest BCUT2D eigenvalue weighted by molar-refractivity contribution is 5.91. The van der Waals surface area contributed by atoms with Crippen LogP contribution in [0.15, 0.2) is 0 Å². The topological polar surface area (TPSA) is 32.3 Å². The zero-order valence-corrected chi connectivity index (χ0v) is 13.3. The first-order valence-corrected chi connectivity index (χ1v) is 8.64. The minimum absolute atomic E-state index is 0.143. The van der Waals surface area contributed by atoms with Crippen molar-refractivity contribution >= 4 is 5.91 Å². The Bertz CT molecular complexity index is 367. The Hall–Kier alpha value is -0.570. The third kappa shape index (κ3) is 2.49. The predicted molar refractivity (Wildman–Crippen MR) is 81.2 cm³/mol. The van der Waals surface area contributed by atoms with E-state index in [0.29, 0.717) is 11.8 Å². The van der Waals surface area contributed by atoms with Crippen molar-refractivity contribution in [2.75, 3.05) is 6.54 Å². The summed E-state index contributed by atoms with van der Waals surface area (Å²) in [7, 11) is 0. The van der Waals surface area contributed by atoms with Gasteiger partial charge in [0.2, 0.25) is 5.91 Å². The summed E-state index contributed by atoms with van der Waals surface area (Å²) in [6.07, 6.45) is 9.08. The Morgan fingerprint density at radius 1 is 1.20 bits per heavy atom. The van der Waals surface area contributed by atoms with Crippen LogP contribution < -0.4 is 5.32 Å². The van der Waals surface area contributed by atoms with Gasteiger partial charge in [-0.25, -0.2) is 0 Å². The summed E-state index contributed by atoms with van der Waals surface area (Å²) in [4.78, 5) is 14.9. The highest BCUT2D eigenvalue weighted by Gasteiger charge is 2.59. The van der Waals surface area contributed by atoms with Gasteiger partial charge in [-0.2, -0.15) is 0 Å². The standard InChI is InChI=1S/C17H30N2O/c1-4-13-5-7-14(8-6-13)11-19-15(12(2)3)18-17(9-10-17)16(19)20/h12-15,18H,4-11H2,1-3H3. The van der Waals surface area contributed by atoms with Crippen LogP contribution in [0.1, 0.15) is 65.7 Å². The molecule has 3 heteroatoms. The lowest BCUT2D eigenvalue weighted by molar-refractivity contribution is -0.132. The molecule has 114 valence electrons. The number of rotatable bonds is 4. The minimum atomic E-state index is -0.143. The van der Waals surface area contributed by atoms with Crippen LogP contribution >= 0.6 is 0 Å². The van der Waals surface area contributed by atoms with Gasteiger partial charge in [-0.15, -0.1) is 0 Å². The summed E-state index contributed by atoms with van der Waals surface area (Å²) in [6, 6.07) is 0. The van der Waals surface area contributed by atoms with Crippen molar-refractivity contribution in [2.24, 2.45) is 17.8 Å². The fourth-order valence-electron chi connectivity index (χ4n) is 4.13. The van der Waals surface area contributed by atoms with E-state index in [2.05, 4.69) is 31.0 Å². The van der Waals surface area contributed by atoms with Crippen molar-refractivity contribution in [3.63, 3.8) is 0 Å². The highest BCUT2D eigenvalue weighted by atomic mass is 16.2. The van der Waals surface area contributed by atoms with E-state index in [1.807, 2.05) is 0 Å². The average molecular weight is 278 g/mol. The maximum absolute atomic E-state index is 12.7. The van der Waals surface area contributed by atoms with Gasteiger partial charge >= 0.3 is 0 Å². The van der Waals surface area contributed by atoms with Crippen LogP contribution in [0.25, 0.3) is 0 Å². The quantitative estimate of drug-likeness (QED) is 0.857. The molecular weight excluding hydrogens is 248 g/mol. The molecule has 1 atom stereocenters. The molecule has 1 unspecified atom stereocenters. The number of carbonyl (C=O) groups is 1. The molecule has 1 amide bonds. The smallest absolute Gasteiger partial charge is 0.244 e. The van der Waals surface area contributed by atoms with Crippen LogP contribution in [0.2, 0.25) is 0 Å². The lowest BCUT2D eigenvalue weighted by Gasteiger charge is -2.34. The molecule has 0 aromatic carbocycles. The molecule has 3 nitrogen and oxygen atoms in total. The molecule has 20 heavy (non-hydrogen) atoms. The van der Waals surface area contributed by atoms with Crippen LogP contribution in [0.5, 0.6) is 0 Å². The van der Waals surface area contributed by atoms with E-state index in [1.54, 1.807) is 0 Å². The van der Waals surface area contributed by atoms with Gasteiger partial charge in [-0.05, 0) is 43.4 Å². The third-order valence-electron chi connectivity index (χ3n) is 5.81. The molecule has 0 bridgehead atoms. The Balaban J connectivity index is 1.62. The third-order valence-corrected chi connectivity index (χ3v) is 5.81. The molecule has 1 spiro atoms. The molecule has 3 rings (SSSR count). The monoisotopic (exact) mass is 278 g/mol. The van der Waals surface area contributed by atoms with Crippen molar-refractivity contribution in [3.8, 4) is 0 Å². The predicted octanol–water partition coefficient (Wildman–Crippen LogP) is 3.15. The number of amides is 1. The first-order valence-electron chi connectivity index (χ1n) is 8.64. The van der Waals surface area contributed by atoms with E-state index in [4.69, 9.17) is 0 Å². The Labute approximate surface area is 123 Å². The van der Waals surface area contributed by atoms with Crippen molar-refractivity contribution in [2.45, 2.75) is 77.4 Å². The van der Waals surface area contributed by atoms with Crippen LogP contribution in [-0.4, -0.2) is 29.1 Å². The van der Waals surface area contributed by atoms with E-state index in [0.717, 1.165) is 31.2 Å². The molecule has 1 N–H and O–H groups in total. The van der Waals surface area contributed by atoms with Crippen LogP contribution in [0.4, 0.5) is 0 Å². The van der Waals surface area contributed by atoms with Gasteiger partial charge in [-0.3, -0.25) is 10.1 Å². The van der Waals surface area contributed by atoms with Gasteiger partial charge in [0.05, 0.1) is 11.7 Å². The molecule has 1 aliphatic heterocycles. The highest BCUT2D eigenvalue weighted by Crippen LogP contribution is 2.44. The molecular formula is C17H30N2O. The lowest BCUT2D eigenvalue weighted by Crippen LogP contribution is -2.44. The molecule has 3 aliphatic rings. The molecule has 3 fully saturated rings. The Morgan fingerprint density at radius 2 is 1.80 bits per heavy atom. The zero-order valence-electron chi connectivity index (χ0n) is 13.3. The maximum atomic E-state index is 12.7. The molecule has 2 aliphatic carbocycles. The number of carbonyl (C=O) groups excluding carboxylic acids is 1. The first-order chi connectivity index (χ1) is 9.55. The largest absolute Gasteiger partial charge is 0.325 e. The number of nitrogens with one attached hydrogen (secondary N) is 1. The SMILES string of the molecule is CCC1CCC(CN2C(=O)C3(CC3)NC2C(C)C)CC1. The van der Waals surface area contributed by atoms with Gasteiger partial charge in [0, 0.05) is 6.54 Å². The average Bonchev–Trinajstić information content (AvgIpc) is 3.18. The van der Waals surface area contributed by atoms with E-state index < -0.39 is 0 Å². The van der Waals surface area contributed by atoms with Gasteiger partial charge < -0.3 is 4.90 Å². The Morgan fingerprint density at radius 3 is 2.30 bits per heavy atom. The maximum Gasteiger partial charge on any atom is 0.244 e. The fourth-order valence-corrected chi connectivity index (χ4v) is 4.13. The lowest BCUT2D eigenvalue weighted by atomic mass is 9.80. The van der Waals surface area contributed by atoms with Crippen LogP contribution in [0, 0.1) is 17.8 Å². The van der Waals surface area contributed by atoms with E-state index in [9.17, 15) is 4.79 Å².